The van der Waals surface area contributed by atoms with Gasteiger partial charge in [-0.15, -0.1) is 0 Å². The van der Waals surface area contributed by atoms with Crippen LogP contribution in [0.5, 0.6) is 0 Å². The highest BCUT2D eigenvalue weighted by molar-refractivity contribution is 9.10. The zero-order valence-corrected chi connectivity index (χ0v) is 15.4. The number of halogens is 17. The van der Waals surface area contributed by atoms with Gasteiger partial charge in [0.1, 0.15) is 0 Å². The fourth-order valence-electron chi connectivity index (χ4n) is 2.07. The summed E-state index contributed by atoms with van der Waals surface area (Å²) >= 11 is 2.10. The van der Waals surface area contributed by atoms with Crippen molar-refractivity contribution in [1.29, 1.82) is 0 Å². The van der Waals surface area contributed by atoms with Crippen LogP contribution in [0.15, 0.2) is 22.7 Å². The molecule has 0 aliphatic rings. The van der Waals surface area contributed by atoms with Gasteiger partial charge in [0.15, 0.2) is 0 Å². The summed E-state index contributed by atoms with van der Waals surface area (Å²) in [6.07, 6.45) is -24.3. The average Bonchev–Trinajstić information content (AvgIpc) is 2.57. The maximum absolute atomic E-state index is 13.9. The summed E-state index contributed by atoms with van der Waals surface area (Å²) in [6, 6.07) is -1.62. The quantitative estimate of drug-likeness (QED) is 0.315. The lowest BCUT2D eigenvalue weighted by molar-refractivity contribution is -0.312. The van der Waals surface area contributed by atoms with Gasteiger partial charge in [0.25, 0.3) is 12.3 Å². The van der Waals surface area contributed by atoms with E-state index in [9.17, 15) is 70.2 Å². The van der Waals surface area contributed by atoms with E-state index in [0.29, 0.717) is 0 Å². The molecule has 0 spiro atoms. The number of rotatable bonds is 6. The van der Waals surface area contributed by atoms with E-state index in [1.807, 2.05) is 0 Å². The molecule has 0 aliphatic heterocycles. The fraction of sp³-hybridized carbons (Fsp3) is 0.571. The lowest BCUT2D eigenvalue weighted by atomic mass is 9.92. The largest absolute Gasteiger partial charge is 0.425 e. The SMILES string of the molecule is FC(C(F)(F)F)C(F)(F)C(F)(F)c1cc(Br)cc(C(F)(F)C(F)(F)C(F)C(F)(F)F)c1. The van der Waals surface area contributed by atoms with Crippen molar-refractivity contribution in [2.45, 2.75) is 48.4 Å². The molecule has 180 valence electrons. The van der Waals surface area contributed by atoms with Crippen LogP contribution in [0.25, 0.3) is 0 Å². The topological polar surface area (TPSA) is 0 Å². The molecule has 1 aromatic carbocycles. The summed E-state index contributed by atoms with van der Waals surface area (Å²) < 4.78 is 207. The third-order valence-electron chi connectivity index (χ3n) is 3.67. The average molecular weight is 557 g/mol. The van der Waals surface area contributed by atoms with E-state index < -0.39 is 70.1 Å². The normalized spacial score (nSPS) is 16.9. The minimum atomic E-state index is -6.67. The van der Waals surface area contributed by atoms with E-state index in [2.05, 4.69) is 15.9 Å². The molecule has 1 rings (SSSR count). The molecule has 0 bridgehead atoms. The molecule has 0 aromatic heterocycles. The zero-order valence-electron chi connectivity index (χ0n) is 13.8. The predicted molar refractivity (Wildman–Crippen MR) is 73.7 cm³/mol. The van der Waals surface area contributed by atoms with Gasteiger partial charge in [-0.3, -0.25) is 0 Å². The van der Waals surface area contributed by atoms with Gasteiger partial charge in [-0.1, -0.05) is 15.9 Å². The molecule has 0 fully saturated rings. The molecular formula is C14H5BrF16. The van der Waals surface area contributed by atoms with Gasteiger partial charge in [-0.25, -0.2) is 8.78 Å². The van der Waals surface area contributed by atoms with Crippen LogP contribution in [0.4, 0.5) is 70.2 Å². The van der Waals surface area contributed by atoms with Crippen molar-refractivity contribution in [2.24, 2.45) is 0 Å². The molecule has 0 saturated heterocycles. The second kappa shape index (κ2) is 7.86. The van der Waals surface area contributed by atoms with E-state index in [1.165, 1.54) is 0 Å². The van der Waals surface area contributed by atoms with Crippen LogP contribution in [0.1, 0.15) is 11.1 Å². The minimum Gasteiger partial charge on any atom is -0.230 e. The molecule has 1 aromatic rings. The number of benzene rings is 1. The van der Waals surface area contributed by atoms with Crippen molar-refractivity contribution in [3.63, 3.8) is 0 Å². The molecular weight excluding hydrogens is 552 g/mol. The van der Waals surface area contributed by atoms with Gasteiger partial charge in [0, 0.05) is 15.6 Å². The van der Waals surface area contributed by atoms with Crippen LogP contribution in [-0.2, 0) is 11.8 Å². The molecule has 0 radical (unpaired) electrons. The lowest BCUT2D eigenvalue weighted by Crippen LogP contribution is -2.53. The van der Waals surface area contributed by atoms with E-state index in [1.54, 1.807) is 0 Å². The number of hydrogen-bond acceptors (Lipinski definition) is 0. The zero-order chi connectivity index (χ0) is 25.0. The second-order valence-electron chi connectivity index (χ2n) is 5.93. The summed E-state index contributed by atoms with van der Waals surface area (Å²) in [5.74, 6) is -25.9. The Labute approximate surface area is 169 Å². The Morgan fingerprint density at radius 1 is 0.516 bits per heavy atom. The second-order valence-corrected chi connectivity index (χ2v) is 6.85. The Balaban J connectivity index is 3.65. The Morgan fingerprint density at radius 3 is 1.00 bits per heavy atom. The first kappa shape index (κ1) is 27.6. The van der Waals surface area contributed by atoms with Crippen LogP contribution in [0.2, 0.25) is 0 Å². The molecule has 0 saturated carbocycles. The molecule has 2 atom stereocenters. The molecule has 0 heterocycles. The van der Waals surface area contributed by atoms with Crippen LogP contribution < -0.4 is 0 Å². The molecule has 31 heavy (non-hydrogen) atoms. The Morgan fingerprint density at radius 2 is 0.774 bits per heavy atom. The fourth-order valence-corrected chi connectivity index (χ4v) is 2.56. The van der Waals surface area contributed by atoms with Crippen LogP contribution in [0.3, 0.4) is 0 Å². The van der Waals surface area contributed by atoms with Crippen molar-refractivity contribution in [3.05, 3.63) is 33.8 Å². The lowest BCUT2D eigenvalue weighted by Gasteiger charge is -2.32. The molecule has 0 aliphatic carbocycles. The van der Waals surface area contributed by atoms with Gasteiger partial charge in [0.05, 0.1) is 0 Å². The third-order valence-corrected chi connectivity index (χ3v) is 4.13. The van der Waals surface area contributed by atoms with Gasteiger partial charge in [-0.2, -0.15) is 61.5 Å². The standard InChI is InChI=1S/C14H5BrF16/c15-6-2-4(9(18,19)11(22,23)7(16)13(26,27)28)1-5(3-6)10(20,21)12(24,25)8(17)14(29,30)31/h1-3,7-8H. The van der Waals surface area contributed by atoms with Gasteiger partial charge < -0.3 is 0 Å². The van der Waals surface area contributed by atoms with Gasteiger partial charge in [-0.05, 0) is 18.2 Å². The monoisotopic (exact) mass is 556 g/mol. The predicted octanol–water partition coefficient (Wildman–Crippen LogP) is 7.70. The molecule has 17 heteroatoms. The molecule has 2 unspecified atom stereocenters. The highest BCUT2D eigenvalue weighted by Crippen LogP contribution is 2.53. The van der Waals surface area contributed by atoms with Gasteiger partial charge >= 0.3 is 36.0 Å². The van der Waals surface area contributed by atoms with Crippen molar-refractivity contribution in [2.75, 3.05) is 0 Å². The van der Waals surface area contributed by atoms with Crippen molar-refractivity contribution in [3.8, 4) is 0 Å². The van der Waals surface area contributed by atoms with Crippen molar-refractivity contribution >= 4 is 15.9 Å². The maximum Gasteiger partial charge on any atom is 0.425 e. The molecule has 0 N–H and O–H groups in total. The Bertz CT molecular complexity index is 730. The van der Waals surface area contributed by atoms with E-state index >= 15 is 0 Å². The smallest absolute Gasteiger partial charge is 0.230 e. The van der Waals surface area contributed by atoms with Crippen LogP contribution in [-0.4, -0.2) is 36.5 Å². The number of hydrogen-bond donors (Lipinski definition) is 0. The summed E-state index contributed by atoms with van der Waals surface area (Å²) in [6.45, 7) is 0. The minimum absolute atomic E-state index is 0.300. The Kier molecular flexibility index (Phi) is 7.00. The summed E-state index contributed by atoms with van der Waals surface area (Å²) in [4.78, 5) is 0. The van der Waals surface area contributed by atoms with E-state index in [0.717, 1.165) is 0 Å². The van der Waals surface area contributed by atoms with Crippen LogP contribution in [0, 0.1) is 0 Å². The molecule has 0 nitrogen and oxygen atoms in total. The van der Waals surface area contributed by atoms with Gasteiger partial charge in [0.2, 0.25) is 0 Å². The maximum atomic E-state index is 13.9. The summed E-state index contributed by atoms with van der Waals surface area (Å²) in [5, 5.41) is 0. The first-order valence-electron chi connectivity index (χ1n) is 7.16. The first-order valence-corrected chi connectivity index (χ1v) is 7.95. The van der Waals surface area contributed by atoms with E-state index in [-0.39, 0.29) is 12.1 Å². The van der Waals surface area contributed by atoms with Crippen LogP contribution >= 0.6 is 15.9 Å². The summed E-state index contributed by atoms with van der Waals surface area (Å²) in [7, 11) is 0. The van der Waals surface area contributed by atoms with Crippen molar-refractivity contribution < 1.29 is 70.2 Å². The highest BCUT2D eigenvalue weighted by Gasteiger charge is 2.72. The third kappa shape index (κ3) is 4.84. The highest BCUT2D eigenvalue weighted by atomic mass is 79.9. The first-order chi connectivity index (χ1) is 13.4. The molecule has 0 amide bonds. The van der Waals surface area contributed by atoms with Crippen molar-refractivity contribution in [1.82, 2.24) is 0 Å². The summed E-state index contributed by atoms with van der Waals surface area (Å²) in [5.41, 5.74) is -5.21. The Hall–Kier alpha value is -1.42. The number of alkyl halides is 16. The van der Waals surface area contributed by atoms with E-state index in [4.69, 9.17) is 0 Å².